The summed E-state index contributed by atoms with van der Waals surface area (Å²) in [6, 6.07) is 17.7. The van der Waals surface area contributed by atoms with Crippen LogP contribution in [0.2, 0.25) is 0 Å². The van der Waals surface area contributed by atoms with Crippen LogP contribution in [-0.4, -0.2) is 36.0 Å². The van der Waals surface area contributed by atoms with Crippen LogP contribution in [0.15, 0.2) is 64.6 Å². The molecule has 2 aromatic rings. The largest absolute Gasteiger partial charge is 0.497 e. The number of thioether (sulfide) groups is 1. The number of hydrazone groups is 1. The van der Waals surface area contributed by atoms with Gasteiger partial charge in [0.15, 0.2) is 0 Å². The van der Waals surface area contributed by atoms with Crippen molar-refractivity contribution in [1.82, 2.24) is 5.01 Å². The van der Waals surface area contributed by atoms with Crippen LogP contribution in [0.1, 0.15) is 12.0 Å². The van der Waals surface area contributed by atoms with E-state index in [-0.39, 0.29) is 5.91 Å². The molecule has 0 fully saturated rings. The molecule has 1 aliphatic heterocycles. The first-order chi connectivity index (χ1) is 11.3. The Hall–Kier alpha value is -2.27. The third-order valence-electron chi connectivity index (χ3n) is 3.60. The van der Waals surface area contributed by atoms with E-state index in [1.54, 1.807) is 12.1 Å². The summed E-state index contributed by atoms with van der Waals surface area (Å²) >= 11 is 1.50. The second kappa shape index (κ2) is 7.33. The Labute approximate surface area is 140 Å². The lowest BCUT2D eigenvalue weighted by atomic mass is 10.1. The normalized spacial score (nSPS) is 13.8. The average molecular weight is 326 g/mol. The molecule has 2 aromatic carbocycles. The number of nitrogens with zero attached hydrogens (tertiary/aromatic N) is 2. The van der Waals surface area contributed by atoms with E-state index in [0.29, 0.717) is 12.3 Å². The maximum atomic E-state index is 12.3. The highest BCUT2D eigenvalue weighted by Crippen LogP contribution is 2.24. The van der Waals surface area contributed by atoms with Gasteiger partial charge < -0.3 is 4.74 Å². The fraction of sp³-hybridized carbons (Fsp3) is 0.222. The number of ether oxygens (including phenoxy) is 1. The predicted octanol–water partition coefficient (Wildman–Crippen LogP) is 3.42. The molecule has 5 heteroatoms. The van der Waals surface area contributed by atoms with Crippen molar-refractivity contribution in [2.24, 2.45) is 5.10 Å². The molecule has 0 radical (unpaired) electrons. The average Bonchev–Trinajstić information content (AvgIpc) is 3.11. The third kappa shape index (κ3) is 3.93. The third-order valence-corrected chi connectivity index (χ3v) is 4.58. The molecular weight excluding hydrogens is 308 g/mol. The molecule has 0 spiro atoms. The van der Waals surface area contributed by atoms with Crippen LogP contribution in [-0.2, 0) is 4.79 Å². The number of carbonyl (C=O) groups is 1. The van der Waals surface area contributed by atoms with E-state index in [1.807, 2.05) is 54.6 Å². The summed E-state index contributed by atoms with van der Waals surface area (Å²) in [5.41, 5.74) is 2.06. The lowest BCUT2D eigenvalue weighted by Crippen LogP contribution is -2.25. The van der Waals surface area contributed by atoms with E-state index in [2.05, 4.69) is 5.10 Å². The van der Waals surface area contributed by atoms with Gasteiger partial charge in [-0.2, -0.15) is 5.10 Å². The lowest BCUT2D eigenvalue weighted by molar-refractivity contribution is -0.127. The summed E-state index contributed by atoms with van der Waals surface area (Å²) in [4.78, 5) is 13.3. The molecule has 3 rings (SSSR count). The molecule has 0 saturated heterocycles. The highest BCUT2D eigenvalue weighted by atomic mass is 32.2. The maximum Gasteiger partial charge on any atom is 0.253 e. The van der Waals surface area contributed by atoms with Crippen molar-refractivity contribution in [2.75, 3.05) is 19.4 Å². The molecule has 0 aromatic heterocycles. The quantitative estimate of drug-likeness (QED) is 0.791. The van der Waals surface area contributed by atoms with Gasteiger partial charge >= 0.3 is 0 Å². The second-order valence-electron chi connectivity index (χ2n) is 5.15. The van der Waals surface area contributed by atoms with Crippen molar-refractivity contribution < 1.29 is 9.53 Å². The smallest absolute Gasteiger partial charge is 0.253 e. The van der Waals surface area contributed by atoms with Gasteiger partial charge in [0.2, 0.25) is 0 Å². The molecule has 0 unspecified atom stereocenters. The van der Waals surface area contributed by atoms with Gasteiger partial charge in [-0.1, -0.05) is 36.4 Å². The Bertz CT molecular complexity index is 716. The molecule has 1 amide bonds. The van der Waals surface area contributed by atoms with Gasteiger partial charge in [-0.15, -0.1) is 11.8 Å². The lowest BCUT2D eigenvalue weighted by Gasteiger charge is -2.11. The van der Waals surface area contributed by atoms with E-state index in [1.165, 1.54) is 11.8 Å². The van der Waals surface area contributed by atoms with Crippen LogP contribution in [0.25, 0.3) is 0 Å². The molecule has 0 atom stereocenters. The van der Waals surface area contributed by atoms with Gasteiger partial charge in [0.05, 0.1) is 25.1 Å². The number of rotatable bonds is 5. The van der Waals surface area contributed by atoms with Gasteiger partial charge in [-0.3, -0.25) is 4.79 Å². The van der Waals surface area contributed by atoms with Crippen LogP contribution < -0.4 is 4.74 Å². The molecular formula is C18H18N2O2S. The molecule has 4 nitrogen and oxygen atoms in total. The zero-order chi connectivity index (χ0) is 16.1. The van der Waals surface area contributed by atoms with Crippen molar-refractivity contribution in [3.8, 4) is 5.75 Å². The van der Waals surface area contributed by atoms with Crippen molar-refractivity contribution in [1.29, 1.82) is 0 Å². The van der Waals surface area contributed by atoms with E-state index >= 15 is 0 Å². The second-order valence-corrected chi connectivity index (χ2v) is 6.20. The molecule has 0 N–H and O–H groups in total. The first-order valence-electron chi connectivity index (χ1n) is 7.46. The minimum atomic E-state index is 0.0313. The summed E-state index contributed by atoms with van der Waals surface area (Å²) in [5.74, 6) is 1.20. The van der Waals surface area contributed by atoms with E-state index < -0.39 is 0 Å². The minimum absolute atomic E-state index is 0.0313. The fourth-order valence-electron chi connectivity index (χ4n) is 2.38. The van der Waals surface area contributed by atoms with Gasteiger partial charge in [0.1, 0.15) is 5.75 Å². The molecule has 0 saturated carbocycles. The Balaban J connectivity index is 1.60. The highest BCUT2D eigenvalue weighted by Gasteiger charge is 2.21. The van der Waals surface area contributed by atoms with Crippen molar-refractivity contribution in [2.45, 2.75) is 11.3 Å². The van der Waals surface area contributed by atoms with Gasteiger partial charge in [0.25, 0.3) is 5.91 Å². The number of carbonyl (C=O) groups excluding carboxylic acids is 1. The molecule has 1 aliphatic rings. The number of methoxy groups -OCH3 is 1. The van der Waals surface area contributed by atoms with Crippen LogP contribution in [0, 0.1) is 0 Å². The number of hydrogen-bond acceptors (Lipinski definition) is 4. The summed E-state index contributed by atoms with van der Waals surface area (Å²) in [5, 5.41) is 6.05. The number of amides is 1. The van der Waals surface area contributed by atoms with Gasteiger partial charge in [0, 0.05) is 11.3 Å². The molecule has 1 heterocycles. The molecule has 0 aliphatic carbocycles. The number of hydrogen-bond donors (Lipinski definition) is 0. The predicted molar refractivity (Wildman–Crippen MR) is 93.0 cm³/mol. The topological polar surface area (TPSA) is 41.9 Å². The van der Waals surface area contributed by atoms with Crippen LogP contribution in [0.4, 0.5) is 0 Å². The standard InChI is InChI=1S/C18H18N2O2S/c1-22-15-8-5-9-16(12-15)23-13-18(21)20-11-10-17(19-20)14-6-3-2-4-7-14/h2-9,12H,10-11,13H2,1H3. The molecule has 0 bridgehead atoms. The van der Waals surface area contributed by atoms with Crippen LogP contribution in [0.3, 0.4) is 0 Å². The van der Waals surface area contributed by atoms with Crippen molar-refractivity contribution in [3.05, 3.63) is 60.2 Å². The Kier molecular flexibility index (Phi) is 4.98. The zero-order valence-electron chi connectivity index (χ0n) is 12.9. The molecule has 23 heavy (non-hydrogen) atoms. The summed E-state index contributed by atoms with van der Waals surface area (Å²) in [7, 11) is 1.64. The van der Waals surface area contributed by atoms with E-state index in [0.717, 1.165) is 28.3 Å². The molecule has 118 valence electrons. The summed E-state index contributed by atoms with van der Waals surface area (Å²) < 4.78 is 5.19. The summed E-state index contributed by atoms with van der Waals surface area (Å²) in [6.45, 7) is 0.654. The Morgan fingerprint density at radius 3 is 2.83 bits per heavy atom. The van der Waals surface area contributed by atoms with Gasteiger partial charge in [-0.05, 0) is 23.8 Å². The van der Waals surface area contributed by atoms with Crippen molar-refractivity contribution >= 4 is 23.4 Å². The highest BCUT2D eigenvalue weighted by molar-refractivity contribution is 8.00. The van der Waals surface area contributed by atoms with E-state index in [4.69, 9.17) is 4.74 Å². The zero-order valence-corrected chi connectivity index (χ0v) is 13.8. The van der Waals surface area contributed by atoms with E-state index in [9.17, 15) is 4.79 Å². The fourth-order valence-corrected chi connectivity index (χ4v) is 3.19. The Morgan fingerprint density at radius 1 is 1.22 bits per heavy atom. The SMILES string of the molecule is COc1cccc(SCC(=O)N2CCC(c3ccccc3)=N2)c1. The first-order valence-corrected chi connectivity index (χ1v) is 8.45. The monoisotopic (exact) mass is 326 g/mol. The first kappa shape index (κ1) is 15.6. The maximum absolute atomic E-state index is 12.3. The minimum Gasteiger partial charge on any atom is -0.497 e. The Morgan fingerprint density at radius 2 is 2.04 bits per heavy atom. The van der Waals surface area contributed by atoms with Crippen molar-refractivity contribution in [3.63, 3.8) is 0 Å². The van der Waals surface area contributed by atoms with Crippen LogP contribution in [0.5, 0.6) is 5.75 Å². The van der Waals surface area contributed by atoms with Gasteiger partial charge in [-0.25, -0.2) is 5.01 Å². The summed E-state index contributed by atoms with van der Waals surface area (Å²) in [6.07, 6.45) is 0.805. The van der Waals surface area contributed by atoms with Crippen LogP contribution >= 0.6 is 11.8 Å². The number of benzene rings is 2.